The second-order valence-electron chi connectivity index (χ2n) is 3.74. The highest BCUT2D eigenvalue weighted by atomic mass is 79.9. The number of rotatable bonds is 4. The van der Waals surface area contributed by atoms with Crippen LogP contribution >= 0.6 is 27.5 Å². The van der Waals surface area contributed by atoms with E-state index in [0.29, 0.717) is 12.2 Å². The fraction of sp³-hybridized carbons (Fsp3) is 0.0833. The molecule has 0 amide bonds. The van der Waals surface area contributed by atoms with E-state index < -0.39 is 4.92 Å². The first-order valence-electron chi connectivity index (χ1n) is 5.34. The highest BCUT2D eigenvalue weighted by molar-refractivity contribution is 9.10. The molecular formula is C12H9BrClN3O2. The number of pyridine rings is 1. The van der Waals surface area contributed by atoms with Crippen molar-refractivity contribution in [2.45, 2.75) is 6.54 Å². The number of halogens is 2. The molecule has 0 saturated heterocycles. The van der Waals surface area contributed by atoms with Crippen LogP contribution in [0.5, 0.6) is 0 Å². The van der Waals surface area contributed by atoms with Crippen molar-refractivity contribution < 1.29 is 4.92 Å². The van der Waals surface area contributed by atoms with E-state index >= 15 is 0 Å². The summed E-state index contributed by atoms with van der Waals surface area (Å²) in [5.41, 5.74) is 1.34. The van der Waals surface area contributed by atoms with E-state index in [0.717, 1.165) is 10.2 Å². The molecule has 2 aromatic rings. The van der Waals surface area contributed by atoms with E-state index in [9.17, 15) is 10.1 Å². The van der Waals surface area contributed by atoms with Crippen LogP contribution in [-0.4, -0.2) is 9.91 Å². The molecule has 0 bridgehead atoms. The van der Waals surface area contributed by atoms with Crippen molar-refractivity contribution in [3.63, 3.8) is 0 Å². The molecule has 0 aliphatic heterocycles. The lowest BCUT2D eigenvalue weighted by Crippen LogP contribution is -2.02. The summed E-state index contributed by atoms with van der Waals surface area (Å²) in [5, 5.41) is 13.9. The van der Waals surface area contributed by atoms with Crippen molar-refractivity contribution >= 4 is 38.9 Å². The Morgan fingerprint density at radius 1 is 1.37 bits per heavy atom. The van der Waals surface area contributed by atoms with Crippen LogP contribution in [-0.2, 0) is 6.54 Å². The van der Waals surface area contributed by atoms with Gasteiger partial charge in [0.25, 0.3) is 5.69 Å². The zero-order chi connectivity index (χ0) is 13.8. The molecule has 5 nitrogen and oxygen atoms in total. The van der Waals surface area contributed by atoms with Gasteiger partial charge in [-0.3, -0.25) is 15.1 Å². The number of nitrogens with one attached hydrogen (secondary N) is 1. The molecule has 19 heavy (non-hydrogen) atoms. The first kappa shape index (κ1) is 13.8. The summed E-state index contributed by atoms with van der Waals surface area (Å²) in [4.78, 5) is 14.5. The fourth-order valence-corrected chi connectivity index (χ4v) is 1.89. The Labute approximate surface area is 122 Å². The molecule has 98 valence electrons. The zero-order valence-electron chi connectivity index (χ0n) is 9.64. The van der Waals surface area contributed by atoms with E-state index in [2.05, 4.69) is 26.2 Å². The highest BCUT2D eigenvalue weighted by Gasteiger charge is 2.12. The molecule has 1 aromatic carbocycles. The van der Waals surface area contributed by atoms with Crippen LogP contribution in [0.1, 0.15) is 5.69 Å². The van der Waals surface area contributed by atoms with Crippen LogP contribution in [0.15, 0.2) is 41.0 Å². The van der Waals surface area contributed by atoms with Crippen molar-refractivity contribution in [3.05, 3.63) is 61.8 Å². The van der Waals surface area contributed by atoms with Gasteiger partial charge in [-0.1, -0.05) is 11.6 Å². The largest absolute Gasteiger partial charge is 0.379 e. The molecule has 0 radical (unpaired) electrons. The van der Waals surface area contributed by atoms with Gasteiger partial charge in [0.2, 0.25) is 0 Å². The molecule has 0 aliphatic rings. The van der Waals surface area contributed by atoms with Gasteiger partial charge in [0.15, 0.2) is 0 Å². The topological polar surface area (TPSA) is 68.1 Å². The molecule has 1 N–H and O–H groups in total. The predicted molar refractivity (Wildman–Crippen MR) is 77.4 cm³/mol. The predicted octanol–water partition coefficient (Wildman–Crippen LogP) is 4.02. The molecule has 0 spiro atoms. The molecule has 1 aromatic heterocycles. The average Bonchev–Trinajstić information content (AvgIpc) is 2.39. The molecule has 0 unspecified atom stereocenters. The van der Waals surface area contributed by atoms with Gasteiger partial charge < -0.3 is 5.32 Å². The van der Waals surface area contributed by atoms with E-state index in [1.807, 2.05) is 12.1 Å². The molecular weight excluding hydrogens is 334 g/mol. The summed E-state index contributed by atoms with van der Waals surface area (Å²) in [6.07, 6.45) is 1.70. The van der Waals surface area contributed by atoms with Gasteiger partial charge >= 0.3 is 0 Å². The number of nitro benzene ring substituents is 1. The molecule has 7 heteroatoms. The standard InChI is InChI=1S/C12H9BrClN3O2/c13-8-1-2-10(15-6-8)7-16-9-3-4-11(14)12(5-9)17(18)19/h1-6,16H,7H2. The van der Waals surface area contributed by atoms with Crippen LogP contribution in [0, 0.1) is 10.1 Å². The van der Waals surface area contributed by atoms with Gasteiger partial charge in [0.05, 0.1) is 17.2 Å². The molecule has 0 saturated carbocycles. The Kier molecular flexibility index (Phi) is 4.34. The number of anilines is 1. The van der Waals surface area contributed by atoms with Crippen molar-refractivity contribution in [2.24, 2.45) is 0 Å². The van der Waals surface area contributed by atoms with Crippen molar-refractivity contribution in [1.82, 2.24) is 4.98 Å². The van der Waals surface area contributed by atoms with Crippen LogP contribution in [0.4, 0.5) is 11.4 Å². The van der Waals surface area contributed by atoms with Crippen LogP contribution in [0.2, 0.25) is 5.02 Å². The van der Waals surface area contributed by atoms with Gasteiger partial charge in [0, 0.05) is 22.4 Å². The van der Waals surface area contributed by atoms with Gasteiger partial charge in [0.1, 0.15) is 5.02 Å². The summed E-state index contributed by atoms with van der Waals surface area (Å²) in [7, 11) is 0. The number of aromatic nitrogens is 1. The first-order chi connectivity index (χ1) is 9.06. The maximum Gasteiger partial charge on any atom is 0.289 e. The summed E-state index contributed by atoms with van der Waals surface area (Å²) >= 11 is 9.04. The minimum atomic E-state index is -0.509. The number of nitro groups is 1. The Morgan fingerprint density at radius 3 is 2.79 bits per heavy atom. The Bertz CT molecular complexity index is 604. The van der Waals surface area contributed by atoms with Crippen LogP contribution < -0.4 is 5.32 Å². The zero-order valence-corrected chi connectivity index (χ0v) is 12.0. The second kappa shape index (κ2) is 5.99. The van der Waals surface area contributed by atoms with Gasteiger partial charge in [-0.25, -0.2) is 0 Å². The van der Waals surface area contributed by atoms with E-state index in [-0.39, 0.29) is 10.7 Å². The minimum absolute atomic E-state index is 0.115. The molecule has 0 aliphatic carbocycles. The Morgan fingerprint density at radius 2 is 2.16 bits per heavy atom. The number of benzene rings is 1. The van der Waals surface area contributed by atoms with Gasteiger partial charge in [-0.15, -0.1) is 0 Å². The Hall–Kier alpha value is -1.66. The lowest BCUT2D eigenvalue weighted by atomic mass is 10.2. The van der Waals surface area contributed by atoms with E-state index in [1.165, 1.54) is 12.1 Å². The van der Waals surface area contributed by atoms with E-state index in [1.54, 1.807) is 12.3 Å². The van der Waals surface area contributed by atoms with Gasteiger partial charge in [-0.05, 0) is 40.2 Å². The summed E-state index contributed by atoms with van der Waals surface area (Å²) in [5.74, 6) is 0. The summed E-state index contributed by atoms with van der Waals surface area (Å²) in [6, 6.07) is 8.34. The third-order valence-corrected chi connectivity index (χ3v) is 3.19. The van der Waals surface area contributed by atoms with Crippen molar-refractivity contribution in [3.8, 4) is 0 Å². The monoisotopic (exact) mass is 341 g/mol. The summed E-state index contributed by atoms with van der Waals surface area (Å²) < 4.78 is 0.901. The van der Waals surface area contributed by atoms with Gasteiger partial charge in [-0.2, -0.15) is 0 Å². The van der Waals surface area contributed by atoms with Crippen molar-refractivity contribution in [1.29, 1.82) is 0 Å². The molecule has 0 atom stereocenters. The second-order valence-corrected chi connectivity index (χ2v) is 5.07. The first-order valence-corrected chi connectivity index (χ1v) is 6.51. The number of nitrogens with zero attached hydrogens (tertiary/aromatic N) is 2. The van der Waals surface area contributed by atoms with Crippen LogP contribution in [0.25, 0.3) is 0 Å². The third kappa shape index (κ3) is 3.65. The smallest absolute Gasteiger partial charge is 0.289 e. The molecule has 0 fully saturated rings. The third-order valence-electron chi connectivity index (χ3n) is 2.41. The maximum absolute atomic E-state index is 10.8. The summed E-state index contributed by atoms with van der Waals surface area (Å²) in [6.45, 7) is 0.478. The SMILES string of the molecule is O=[N+]([O-])c1cc(NCc2ccc(Br)cn2)ccc1Cl. The number of hydrogen-bond acceptors (Lipinski definition) is 4. The molecule has 1 heterocycles. The maximum atomic E-state index is 10.8. The highest BCUT2D eigenvalue weighted by Crippen LogP contribution is 2.27. The normalized spacial score (nSPS) is 10.2. The average molecular weight is 343 g/mol. The Balaban J connectivity index is 2.09. The quantitative estimate of drug-likeness (QED) is 0.673. The molecule has 2 rings (SSSR count). The minimum Gasteiger partial charge on any atom is -0.379 e. The lowest BCUT2D eigenvalue weighted by Gasteiger charge is -2.06. The number of hydrogen-bond donors (Lipinski definition) is 1. The van der Waals surface area contributed by atoms with Crippen LogP contribution in [0.3, 0.4) is 0 Å². The van der Waals surface area contributed by atoms with Crippen molar-refractivity contribution in [2.75, 3.05) is 5.32 Å². The fourth-order valence-electron chi connectivity index (χ4n) is 1.47. The van der Waals surface area contributed by atoms with E-state index in [4.69, 9.17) is 11.6 Å². The lowest BCUT2D eigenvalue weighted by molar-refractivity contribution is -0.384.